The molecule has 1 aromatic heterocycles. The van der Waals surface area contributed by atoms with Crippen LogP contribution >= 0.6 is 23.1 Å². The van der Waals surface area contributed by atoms with Gasteiger partial charge in [0.15, 0.2) is 0 Å². The highest BCUT2D eigenvalue weighted by Crippen LogP contribution is 2.43. The zero-order chi connectivity index (χ0) is 14.7. The number of thioether (sulfide) groups is 1. The Morgan fingerprint density at radius 3 is 2.86 bits per heavy atom. The quantitative estimate of drug-likeness (QED) is 0.747. The fraction of sp³-hybridized carbons (Fsp3) is 0.471. The topological polar surface area (TPSA) is 24.9 Å². The van der Waals surface area contributed by atoms with Crippen LogP contribution in [-0.2, 0) is 12.3 Å². The van der Waals surface area contributed by atoms with Crippen molar-refractivity contribution in [2.45, 2.75) is 49.8 Å². The molecule has 0 aliphatic heterocycles. The van der Waals surface area contributed by atoms with E-state index in [0.717, 1.165) is 24.8 Å². The van der Waals surface area contributed by atoms with Crippen molar-refractivity contribution >= 4 is 23.1 Å². The summed E-state index contributed by atoms with van der Waals surface area (Å²) in [6.45, 7) is 6.34. The van der Waals surface area contributed by atoms with Crippen molar-refractivity contribution in [1.29, 1.82) is 0 Å². The standard InChI is InChI=1S/C17H22N2S2/c1-3-18-10-15-17(13-8-9-13)19-16(21-15)11-20-14-7-5-4-6-12(14)2/h4-7,13,18H,3,8-11H2,1-2H3. The molecule has 1 aromatic carbocycles. The molecule has 0 atom stereocenters. The average Bonchev–Trinajstić information content (AvgIpc) is 3.26. The van der Waals surface area contributed by atoms with Crippen LogP contribution in [0.3, 0.4) is 0 Å². The minimum atomic E-state index is 0.743. The van der Waals surface area contributed by atoms with E-state index in [1.165, 1.54) is 38.9 Å². The lowest BCUT2D eigenvalue weighted by molar-refractivity contribution is 0.726. The molecule has 4 heteroatoms. The first-order valence-corrected chi connectivity index (χ1v) is 9.45. The van der Waals surface area contributed by atoms with Gasteiger partial charge in [-0.1, -0.05) is 25.1 Å². The molecule has 1 saturated carbocycles. The number of nitrogens with one attached hydrogen (secondary N) is 1. The van der Waals surface area contributed by atoms with Crippen molar-refractivity contribution in [2.24, 2.45) is 0 Å². The highest BCUT2D eigenvalue weighted by molar-refractivity contribution is 7.98. The Morgan fingerprint density at radius 1 is 1.33 bits per heavy atom. The molecule has 1 aliphatic rings. The maximum atomic E-state index is 4.93. The van der Waals surface area contributed by atoms with Crippen LogP contribution in [-0.4, -0.2) is 11.5 Å². The van der Waals surface area contributed by atoms with Crippen molar-refractivity contribution in [3.63, 3.8) is 0 Å². The molecular formula is C17H22N2S2. The summed E-state index contributed by atoms with van der Waals surface area (Å²) in [5, 5.41) is 4.72. The third kappa shape index (κ3) is 3.87. The summed E-state index contributed by atoms with van der Waals surface area (Å²) < 4.78 is 0. The van der Waals surface area contributed by atoms with Crippen molar-refractivity contribution in [3.05, 3.63) is 45.4 Å². The Labute approximate surface area is 135 Å². The Kier molecular flexibility index (Phi) is 4.99. The summed E-state index contributed by atoms with van der Waals surface area (Å²) >= 11 is 3.80. The monoisotopic (exact) mass is 318 g/mol. The Balaban J connectivity index is 1.69. The van der Waals surface area contributed by atoms with E-state index in [2.05, 4.69) is 43.4 Å². The number of rotatable bonds is 7. The van der Waals surface area contributed by atoms with Crippen LogP contribution in [0, 0.1) is 6.92 Å². The van der Waals surface area contributed by atoms with Crippen molar-refractivity contribution in [3.8, 4) is 0 Å². The van der Waals surface area contributed by atoms with Gasteiger partial charge in [0, 0.05) is 22.2 Å². The van der Waals surface area contributed by atoms with E-state index in [0.29, 0.717) is 0 Å². The molecule has 1 N–H and O–H groups in total. The highest BCUT2D eigenvalue weighted by Gasteiger charge is 2.29. The van der Waals surface area contributed by atoms with Crippen molar-refractivity contribution in [2.75, 3.05) is 6.54 Å². The molecule has 3 rings (SSSR count). The first-order chi connectivity index (χ1) is 10.3. The van der Waals surface area contributed by atoms with Gasteiger partial charge in [0.1, 0.15) is 5.01 Å². The SMILES string of the molecule is CCNCc1sc(CSc2ccccc2C)nc1C1CC1. The number of hydrogen-bond donors (Lipinski definition) is 1. The fourth-order valence-electron chi connectivity index (χ4n) is 2.37. The van der Waals surface area contributed by atoms with Gasteiger partial charge in [-0.05, 0) is 37.9 Å². The van der Waals surface area contributed by atoms with E-state index in [-0.39, 0.29) is 0 Å². The van der Waals surface area contributed by atoms with Gasteiger partial charge < -0.3 is 5.32 Å². The smallest absolute Gasteiger partial charge is 0.103 e. The molecule has 112 valence electrons. The van der Waals surface area contributed by atoms with E-state index >= 15 is 0 Å². The maximum absolute atomic E-state index is 4.93. The number of aromatic nitrogens is 1. The summed E-state index contributed by atoms with van der Waals surface area (Å²) in [4.78, 5) is 7.75. The lowest BCUT2D eigenvalue weighted by atomic mass is 10.2. The van der Waals surface area contributed by atoms with Crippen LogP contribution < -0.4 is 5.32 Å². The normalized spacial score (nSPS) is 14.6. The van der Waals surface area contributed by atoms with Crippen LogP contribution in [0.25, 0.3) is 0 Å². The lowest BCUT2D eigenvalue weighted by Crippen LogP contribution is -2.11. The van der Waals surface area contributed by atoms with Gasteiger partial charge in [-0.2, -0.15) is 0 Å². The Bertz CT molecular complexity index is 603. The molecule has 21 heavy (non-hydrogen) atoms. The summed E-state index contributed by atoms with van der Waals surface area (Å²) in [6.07, 6.45) is 2.65. The molecule has 2 nitrogen and oxygen atoms in total. The van der Waals surface area contributed by atoms with Gasteiger partial charge in [-0.15, -0.1) is 23.1 Å². The molecular weight excluding hydrogens is 296 g/mol. The predicted octanol–water partition coefficient (Wildman–Crippen LogP) is 4.73. The number of hydrogen-bond acceptors (Lipinski definition) is 4. The van der Waals surface area contributed by atoms with Crippen molar-refractivity contribution < 1.29 is 0 Å². The molecule has 1 heterocycles. The summed E-state index contributed by atoms with van der Waals surface area (Å²) in [7, 11) is 0. The van der Waals surface area contributed by atoms with E-state index in [4.69, 9.17) is 4.98 Å². The zero-order valence-corrected chi connectivity index (χ0v) is 14.3. The zero-order valence-electron chi connectivity index (χ0n) is 12.7. The molecule has 1 aliphatic carbocycles. The minimum absolute atomic E-state index is 0.743. The first-order valence-electron chi connectivity index (χ1n) is 7.65. The van der Waals surface area contributed by atoms with Crippen LogP contribution in [0.4, 0.5) is 0 Å². The van der Waals surface area contributed by atoms with E-state index in [9.17, 15) is 0 Å². The van der Waals surface area contributed by atoms with Gasteiger partial charge in [-0.25, -0.2) is 4.98 Å². The van der Waals surface area contributed by atoms with Crippen LogP contribution in [0.5, 0.6) is 0 Å². The summed E-state index contributed by atoms with van der Waals surface area (Å²) in [5.41, 5.74) is 2.73. The predicted molar refractivity (Wildman–Crippen MR) is 92.2 cm³/mol. The van der Waals surface area contributed by atoms with Crippen LogP contribution in [0.1, 0.15) is 46.8 Å². The molecule has 0 radical (unpaired) electrons. The van der Waals surface area contributed by atoms with Gasteiger partial charge >= 0.3 is 0 Å². The minimum Gasteiger partial charge on any atom is -0.312 e. The average molecular weight is 319 g/mol. The number of aryl methyl sites for hydroxylation is 1. The van der Waals surface area contributed by atoms with Crippen molar-refractivity contribution in [1.82, 2.24) is 10.3 Å². The maximum Gasteiger partial charge on any atom is 0.103 e. The second kappa shape index (κ2) is 6.95. The lowest BCUT2D eigenvalue weighted by Gasteiger charge is -2.02. The largest absolute Gasteiger partial charge is 0.312 e. The number of nitrogens with zero attached hydrogens (tertiary/aromatic N) is 1. The molecule has 2 aromatic rings. The highest BCUT2D eigenvalue weighted by atomic mass is 32.2. The third-order valence-electron chi connectivity index (χ3n) is 3.72. The number of benzene rings is 1. The van der Waals surface area contributed by atoms with Gasteiger partial charge in [-0.3, -0.25) is 0 Å². The Morgan fingerprint density at radius 2 is 2.14 bits per heavy atom. The van der Waals surface area contributed by atoms with E-state index < -0.39 is 0 Å². The van der Waals surface area contributed by atoms with E-state index in [1.54, 1.807) is 0 Å². The van der Waals surface area contributed by atoms with Crippen LogP contribution in [0.2, 0.25) is 0 Å². The summed E-state index contributed by atoms with van der Waals surface area (Å²) in [6, 6.07) is 8.59. The molecule has 0 unspecified atom stereocenters. The van der Waals surface area contributed by atoms with Crippen LogP contribution in [0.15, 0.2) is 29.2 Å². The first kappa shape index (κ1) is 15.1. The molecule has 0 saturated heterocycles. The van der Waals surface area contributed by atoms with Gasteiger partial charge in [0.25, 0.3) is 0 Å². The van der Waals surface area contributed by atoms with Gasteiger partial charge in [0.2, 0.25) is 0 Å². The third-order valence-corrected chi connectivity index (χ3v) is 6.16. The van der Waals surface area contributed by atoms with Gasteiger partial charge in [0.05, 0.1) is 11.4 Å². The molecule has 0 spiro atoms. The molecule has 0 amide bonds. The molecule has 1 fully saturated rings. The fourth-order valence-corrected chi connectivity index (χ4v) is 4.52. The van der Waals surface area contributed by atoms with E-state index in [1.807, 2.05) is 23.1 Å². The number of thiazole rings is 1. The second-order valence-corrected chi connectivity index (χ2v) is 7.71. The summed E-state index contributed by atoms with van der Waals surface area (Å²) in [5.74, 6) is 1.73. The molecule has 0 bridgehead atoms. The Hall–Kier alpha value is -0.840. The second-order valence-electron chi connectivity index (χ2n) is 5.52.